The zero-order valence-corrected chi connectivity index (χ0v) is 26.6. The number of hydrogen-bond acceptors (Lipinski definition) is 4. The lowest BCUT2D eigenvalue weighted by Crippen LogP contribution is -2.59. The quantitative estimate of drug-likeness (QED) is 0.0457. The molecule has 0 aromatic heterocycles. The van der Waals surface area contributed by atoms with Crippen molar-refractivity contribution in [2.24, 2.45) is 0 Å². The van der Waals surface area contributed by atoms with E-state index in [4.69, 9.17) is 23.2 Å². The number of benzene rings is 2. The van der Waals surface area contributed by atoms with Crippen molar-refractivity contribution in [1.82, 2.24) is 0 Å². The van der Waals surface area contributed by atoms with Gasteiger partial charge in [-0.05, 0) is 24.0 Å². The molecule has 0 fully saturated rings. The summed E-state index contributed by atoms with van der Waals surface area (Å²) in [4.78, 5) is 0. The Morgan fingerprint density at radius 2 is 0.878 bits per heavy atom. The molecular formula is C33H54Cl2N2O4+2. The predicted molar refractivity (Wildman–Crippen MR) is 169 cm³/mol. The molecule has 0 spiro atoms. The minimum Gasteiger partial charge on any atom is -0.391 e. The normalized spacial score (nSPS) is 17.8. The minimum atomic E-state index is -0.671. The second-order valence-corrected chi connectivity index (χ2v) is 12.9. The first kappa shape index (κ1) is 36.0. The Balaban J connectivity index is 1.67. The van der Waals surface area contributed by atoms with Crippen LogP contribution in [0, 0.1) is 0 Å². The van der Waals surface area contributed by atoms with E-state index < -0.39 is 12.5 Å². The van der Waals surface area contributed by atoms with Crippen molar-refractivity contribution in [3.8, 4) is 0 Å². The van der Waals surface area contributed by atoms with Crippen molar-refractivity contribution < 1.29 is 29.4 Å². The molecule has 0 saturated heterocycles. The van der Waals surface area contributed by atoms with E-state index in [0.717, 1.165) is 68.9 Å². The Bertz CT molecular complexity index is 866. The highest BCUT2D eigenvalue weighted by Crippen LogP contribution is 2.27. The van der Waals surface area contributed by atoms with Gasteiger partial charge in [-0.15, -0.1) is 0 Å². The number of hydrogen-bond donors (Lipinski definition) is 4. The first-order valence-electron chi connectivity index (χ1n) is 15.3. The Hall–Kier alpha value is -1.22. The van der Waals surface area contributed by atoms with E-state index in [-0.39, 0.29) is 33.2 Å². The SMILES string of the molecule is C[N+](CCO)(C(O)Cc1ccccc1)C(Cl)CCCCCCCCCC(Cl)[N+](C)(CCO)C(O)Cc1ccccc1. The Morgan fingerprint density at radius 3 is 1.20 bits per heavy atom. The lowest BCUT2D eigenvalue weighted by Gasteiger charge is -2.42. The average molecular weight is 614 g/mol. The van der Waals surface area contributed by atoms with Gasteiger partial charge in [0.2, 0.25) is 0 Å². The Labute approximate surface area is 258 Å². The maximum Gasteiger partial charge on any atom is 0.195 e. The number of nitrogens with zero attached hydrogens (tertiary/aromatic N) is 2. The highest BCUT2D eigenvalue weighted by atomic mass is 35.5. The summed E-state index contributed by atoms with van der Waals surface area (Å²) in [5, 5.41) is 41.3. The monoisotopic (exact) mass is 612 g/mol. The highest BCUT2D eigenvalue weighted by Gasteiger charge is 2.38. The summed E-state index contributed by atoms with van der Waals surface area (Å²) >= 11 is 13.6. The molecule has 6 unspecified atom stereocenters. The van der Waals surface area contributed by atoms with E-state index >= 15 is 0 Å². The number of aliphatic hydroxyl groups is 4. The molecule has 0 radical (unpaired) electrons. The van der Waals surface area contributed by atoms with Crippen LogP contribution in [-0.2, 0) is 12.8 Å². The predicted octanol–water partition coefficient (Wildman–Crippen LogP) is 5.63. The molecule has 41 heavy (non-hydrogen) atoms. The zero-order valence-electron chi connectivity index (χ0n) is 25.1. The molecule has 6 atom stereocenters. The van der Waals surface area contributed by atoms with Crippen LogP contribution in [0.4, 0.5) is 0 Å². The standard InChI is InChI=1S/C33H54Cl2N2O4/c1-36(22-24-38,32(40)26-28-16-10-8-11-17-28)30(34)20-14-6-4-3-5-7-15-21-31(35)37(2,23-25-39)33(41)27-29-18-12-9-13-19-29/h8-13,16-19,30-33,38-41H,3-7,14-15,20-27H2,1-2H3/q+2. The van der Waals surface area contributed by atoms with Crippen LogP contribution in [0.5, 0.6) is 0 Å². The summed E-state index contributed by atoms with van der Waals surface area (Å²) in [5.41, 5.74) is 1.61. The van der Waals surface area contributed by atoms with Crippen LogP contribution in [0.1, 0.15) is 68.9 Å². The van der Waals surface area contributed by atoms with Crippen LogP contribution < -0.4 is 0 Å². The van der Waals surface area contributed by atoms with Crippen molar-refractivity contribution in [3.63, 3.8) is 0 Å². The summed E-state index contributed by atoms with van der Waals surface area (Å²) < 4.78 is 0.473. The summed E-state index contributed by atoms with van der Waals surface area (Å²) in [6, 6.07) is 19.8. The van der Waals surface area contributed by atoms with Gasteiger partial charge in [0.15, 0.2) is 23.5 Å². The lowest BCUT2D eigenvalue weighted by atomic mass is 10.0. The molecule has 4 N–H and O–H groups in total. The third kappa shape index (κ3) is 11.8. The number of quaternary nitrogens is 2. The fourth-order valence-electron chi connectivity index (χ4n) is 5.55. The molecule has 0 saturated carbocycles. The van der Waals surface area contributed by atoms with Crippen LogP contribution >= 0.6 is 23.2 Å². The molecule has 0 bridgehead atoms. The number of alkyl halides is 2. The molecule has 6 nitrogen and oxygen atoms in total. The smallest absolute Gasteiger partial charge is 0.195 e. The van der Waals surface area contributed by atoms with E-state index in [1.54, 1.807) is 0 Å². The largest absolute Gasteiger partial charge is 0.391 e. The van der Waals surface area contributed by atoms with Gasteiger partial charge in [0.1, 0.15) is 13.1 Å². The summed E-state index contributed by atoms with van der Waals surface area (Å²) in [7, 11) is 3.88. The zero-order chi connectivity index (χ0) is 30.1. The van der Waals surface area contributed by atoms with Crippen molar-refractivity contribution in [2.45, 2.75) is 94.1 Å². The van der Waals surface area contributed by atoms with Crippen LogP contribution in [-0.4, -0.2) is 93.2 Å². The van der Waals surface area contributed by atoms with E-state index in [2.05, 4.69) is 0 Å². The van der Waals surface area contributed by atoms with Gasteiger partial charge in [-0.2, -0.15) is 0 Å². The van der Waals surface area contributed by atoms with Gasteiger partial charge < -0.3 is 20.4 Å². The third-order valence-electron chi connectivity index (χ3n) is 8.71. The average Bonchev–Trinajstić information content (AvgIpc) is 2.97. The van der Waals surface area contributed by atoms with Crippen molar-refractivity contribution in [2.75, 3.05) is 40.4 Å². The highest BCUT2D eigenvalue weighted by molar-refractivity contribution is 6.19. The number of unbranched alkanes of at least 4 members (excludes halogenated alkanes) is 6. The first-order chi connectivity index (χ1) is 19.7. The van der Waals surface area contributed by atoms with Crippen LogP contribution in [0.2, 0.25) is 0 Å². The number of halogens is 2. The fraction of sp³-hybridized carbons (Fsp3) is 0.636. The van der Waals surface area contributed by atoms with Gasteiger partial charge in [-0.3, -0.25) is 8.97 Å². The number of aliphatic hydroxyl groups excluding tert-OH is 4. The lowest BCUT2D eigenvalue weighted by molar-refractivity contribution is -0.965. The molecule has 0 aliphatic heterocycles. The van der Waals surface area contributed by atoms with Crippen LogP contribution in [0.15, 0.2) is 60.7 Å². The summed E-state index contributed by atoms with van der Waals surface area (Å²) in [6.45, 7) is 0.809. The van der Waals surface area contributed by atoms with E-state index in [9.17, 15) is 20.4 Å². The van der Waals surface area contributed by atoms with E-state index in [1.165, 1.54) is 0 Å². The van der Waals surface area contributed by atoms with Crippen molar-refractivity contribution in [1.29, 1.82) is 0 Å². The van der Waals surface area contributed by atoms with E-state index in [1.807, 2.05) is 74.8 Å². The second kappa shape index (κ2) is 19.1. The minimum absolute atomic E-state index is 0.0151. The molecule has 0 amide bonds. The Kier molecular flexibility index (Phi) is 16.8. The molecule has 2 aromatic rings. The molecule has 232 valence electrons. The Morgan fingerprint density at radius 1 is 0.561 bits per heavy atom. The van der Waals surface area contributed by atoms with Crippen molar-refractivity contribution in [3.05, 3.63) is 71.8 Å². The maximum atomic E-state index is 11.0. The number of rotatable bonds is 22. The third-order valence-corrected chi connectivity index (χ3v) is 10.0. The van der Waals surface area contributed by atoms with Crippen molar-refractivity contribution >= 4 is 23.2 Å². The summed E-state index contributed by atoms with van der Waals surface area (Å²) in [5.74, 6) is 0. The van der Waals surface area contributed by atoms with Gasteiger partial charge in [0, 0.05) is 12.8 Å². The van der Waals surface area contributed by atoms with Gasteiger partial charge in [0.05, 0.1) is 40.2 Å². The van der Waals surface area contributed by atoms with Crippen LogP contribution in [0.3, 0.4) is 0 Å². The molecule has 2 aromatic carbocycles. The molecule has 8 heteroatoms. The van der Waals surface area contributed by atoms with Gasteiger partial charge in [0.25, 0.3) is 0 Å². The maximum absolute atomic E-state index is 11.0. The van der Waals surface area contributed by atoms with Crippen LogP contribution in [0.25, 0.3) is 0 Å². The molecule has 0 aliphatic rings. The van der Waals surface area contributed by atoms with Gasteiger partial charge in [-0.1, -0.05) is 116 Å². The molecule has 2 rings (SSSR count). The summed E-state index contributed by atoms with van der Waals surface area (Å²) in [6.07, 6.45) is 8.85. The molecule has 0 aliphatic carbocycles. The fourth-order valence-corrected chi connectivity index (χ4v) is 6.31. The number of likely N-dealkylation sites (N-methyl/N-ethyl adjacent to an activating group) is 2. The second-order valence-electron chi connectivity index (χ2n) is 11.8. The van der Waals surface area contributed by atoms with E-state index in [0.29, 0.717) is 25.9 Å². The first-order valence-corrected chi connectivity index (χ1v) is 16.2. The topological polar surface area (TPSA) is 80.9 Å². The molecular weight excluding hydrogens is 559 g/mol. The molecule has 0 heterocycles. The van der Waals surface area contributed by atoms with Gasteiger partial charge in [-0.25, -0.2) is 0 Å². The van der Waals surface area contributed by atoms with Gasteiger partial charge >= 0.3 is 0 Å².